The fourth-order valence-electron chi connectivity index (χ4n) is 2.22. The summed E-state index contributed by atoms with van der Waals surface area (Å²) in [7, 11) is 0. The number of carbonyl (C=O) groups is 1. The molecule has 1 amide bonds. The smallest absolute Gasteiger partial charge is 0.258 e. The van der Waals surface area contributed by atoms with E-state index in [2.05, 4.69) is 21.5 Å². The average Bonchev–Trinajstić information content (AvgIpc) is 2.90. The molecule has 0 radical (unpaired) electrons. The highest BCUT2D eigenvalue weighted by atomic mass is 16.2. The molecule has 1 N–H and O–H groups in total. The minimum Gasteiger partial charge on any atom is -0.320 e. The summed E-state index contributed by atoms with van der Waals surface area (Å²) in [6.45, 7) is 1.72. The highest BCUT2D eigenvalue weighted by Gasteiger charge is 2.28. The molecule has 1 unspecified atom stereocenters. The molecule has 1 saturated heterocycles. The Bertz CT molecular complexity index is 658. The van der Waals surface area contributed by atoms with E-state index >= 15 is 0 Å². The van der Waals surface area contributed by atoms with Crippen LogP contribution in [0.4, 0.5) is 0 Å². The Morgan fingerprint density at radius 1 is 1.53 bits per heavy atom. The normalized spacial score (nSPS) is 19.3. The number of nitrogens with one attached hydrogen (secondary N) is 1. The van der Waals surface area contributed by atoms with Crippen LogP contribution >= 0.6 is 0 Å². The second kappa shape index (κ2) is 4.66. The Morgan fingerprint density at radius 3 is 3.26 bits per heavy atom. The summed E-state index contributed by atoms with van der Waals surface area (Å²) in [4.78, 5) is 18.1. The van der Waals surface area contributed by atoms with Crippen LogP contribution in [0.15, 0.2) is 24.8 Å². The van der Waals surface area contributed by atoms with Crippen molar-refractivity contribution in [1.82, 2.24) is 24.8 Å². The van der Waals surface area contributed by atoms with E-state index in [9.17, 15) is 4.79 Å². The van der Waals surface area contributed by atoms with Gasteiger partial charge in [-0.05, 0) is 0 Å². The number of hydrogen-bond donors (Lipinski definition) is 1. The van der Waals surface area contributed by atoms with Crippen molar-refractivity contribution in [2.24, 2.45) is 0 Å². The van der Waals surface area contributed by atoms with E-state index in [1.165, 1.54) is 6.20 Å². The van der Waals surface area contributed by atoms with Gasteiger partial charge in [0.05, 0.1) is 29.5 Å². The summed E-state index contributed by atoms with van der Waals surface area (Å²) in [6.07, 6.45) is 6.42. The van der Waals surface area contributed by atoms with Gasteiger partial charge in [0.1, 0.15) is 6.04 Å². The van der Waals surface area contributed by atoms with Gasteiger partial charge < -0.3 is 10.2 Å². The summed E-state index contributed by atoms with van der Waals surface area (Å²) in [5.41, 5.74) is 1.14. The van der Waals surface area contributed by atoms with Crippen molar-refractivity contribution in [3.63, 3.8) is 0 Å². The molecule has 7 heteroatoms. The summed E-state index contributed by atoms with van der Waals surface area (Å²) in [5.74, 6) is -0.170. The van der Waals surface area contributed by atoms with Crippen LogP contribution < -0.4 is 5.32 Å². The molecule has 1 aliphatic rings. The zero-order valence-corrected chi connectivity index (χ0v) is 10.2. The number of rotatable bonds is 1. The molecule has 3 rings (SSSR count). The van der Waals surface area contributed by atoms with Gasteiger partial charge in [-0.2, -0.15) is 10.4 Å². The number of fused-ring (bicyclic) bond motifs is 1. The fourth-order valence-corrected chi connectivity index (χ4v) is 2.22. The summed E-state index contributed by atoms with van der Waals surface area (Å²) in [5, 5.41) is 16.3. The second-order valence-corrected chi connectivity index (χ2v) is 4.31. The Hall–Kier alpha value is -2.46. The first-order chi connectivity index (χ1) is 9.31. The standard InChI is InChI=1S/C12H12N6O/c13-5-9-6-14-1-3-17(9)12(19)10-7-16-18-4-2-15-8-11(10)18/h2,4,7-9,14H,1,3,6H2. The first-order valence-corrected chi connectivity index (χ1v) is 6.00. The number of hydrogen-bond acceptors (Lipinski definition) is 5. The predicted molar refractivity (Wildman–Crippen MR) is 66.3 cm³/mol. The highest BCUT2D eigenvalue weighted by molar-refractivity contribution is 6.00. The molecule has 0 saturated carbocycles. The van der Waals surface area contributed by atoms with Crippen LogP contribution in [0.2, 0.25) is 0 Å². The lowest BCUT2D eigenvalue weighted by atomic mass is 10.1. The molecule has 3 heterocycles. The molecule has 1 aliphatic heterocycles. The third-order valence-electron chi connectivity index (χ3n) is 3.21. The minimum atomic E-state index is -0.437. The van der Waals surface area contributed by atoms with Crippen LogP contribution in [-0.2, 0) is 0 Å². The number of carbonyl (C=O) groups excluding carboxylic acids is 1. The van der Waals surface area contributed by atoms with Gasteiger partial charge in [0, 0.05) is 32.0 Å². The van der Waals surface area contributed by atoms with E-state index in [1.54, 1.807) is 28.0 Å². The molecule has 1 fully saturated rings. The van der Waals surface area contributed by atoms with Gasteiger partial charge in [0.25, 0.3) is 5.91 Å². The molecular weight excluding hydrogens is 244 g/mol. The average molecular weight is 256 g/mol. The van der Waals surface area contributed by atoms with Crippen LogP contribution in [0.1, 0.15) is 10.4 Å². The summed E-state index contributed by atoms with van der Waals surface area (Å²) in [6, 6.07) is 1.71. The lowest BCUT2D eigenvalue weighted by Crippen LogP contribution is -2.53. The SMILES string of the molecule is N#CC1CNCCN1C(=O)c1cnn2ccncc12. The zero-order chi connectivity index (χ0) is 13.2. The van der Waals surface area contributed by atoms with Gasteiger partial charge in [0.2, 0.25) is 0 Å². The monoisotopic (exact) mass is 256 g/mol. The quantitative estimate of drug-likeness (QED) is 0.754. The van der Waals surface area contributed by atoms with Gasteiger partial charge in [-0.25, -0.2) is 4.52 Å². The maximum atomic E-state index is 12.5. The maximum absolute atomic E-state index is 12.5. The van der Waals surface area contributed by atoms with Crippen molar-refractivity contribution in [3.8, 4) is 6.07 Å². The number of amides is 1. The van der Waals surface area contributed by atoms with E-state index in [-0.39, 0.29) is 5.91 Å². The van der Waals surface area contributed by atoms with E-state index < -0.39 is 6.04 Å². The van der Waals surface area contributed by atoms with Gasteiger partial charge >= 0.3 is 0 Å². The van der Waals surface area contributed by atoms with Crippen LogP contribution in [0.25, 0.3) is 5.52 Å². The van der Waals surface area contributed by atoms with Crippen molar-refractivity contribution in [2.75, 3.05) is 19.6 Å². The van der Waals surface area contributed by atoms with Crippen molar-refractivity contribution in [2.45, 2.75) is 6.04 Å². The molecule has 2 aromatic heterocycles. The Balaban J connectivity index is 1.97. The van der Waals surface area contributed by atoms with E-state index in [1.807, 2.05) is 0 Å². The molecule has 7 nitrogen and oxygen atoms in total. The van der Waals surface area contributed by atoms with Crippen molar-refractivity contribution in [1.29, 1.82) is 5.26 Å². The lowest BCUT2D eigenvalue weighted by Gasteiger charge is -2.31. The summed E-state index contributed by atoms with van der Waals surface area (Å²) >= 11 is 0. The molecule has 0 bridgehead atoms. The van der Waals surface area contributed by atoms with Crippen molar-refractivity contribution >= 4 is 11.4 Å². The zero-order valence-electron chi connectivity index (χ0n) is 10.2. The first kappa shape index (κ1) is 11.6. The number of nitriles is 1. The van der Waals surface area contributed by atoms with Crippen LogP contribution in [0.5, 0.6) is 0 Å². The topological polar surface area (TPSA) is 86.3 Å². The van der Waals surface area contributed by atoms with Crippen molar-refractivity contribution in [3.05, 3.63) is 30.4 Å². The van der Waals surface area contributed by atoms with Crippen molar-refractivity contribution < 1.29 is 4.79 Å². The van der Waals surface area contributed by atoms with E-state index in [0.717, 1.165) is 0 Å². The predicted octanol–water partition coefficient (Wildman–Crippen LogP) is -0.333. The number of aromatic nitrogens is 3. The second-order valence-electron chi connectivity index (χ2n) is 4.31. The first-order valence-electron chi connectivity index (χ1n) is 6.00. The fraction of sp³-hybridized carbons (Fsp3) is 0.333. The largest absolute Gasteiger partial charge is 0.320 e. The van der Waals surface area contributed by atoms with Gasteiger partial charge in [0.15, 0.2) is 0 Å². The van der Waals surface area contributed by atoms with Crippen LogP contribution in [-0.4, -0.2) is 51.1 Å². The molecule has 0 aromatic carbocycles. The molecule has 19 heavy (non-hydrogen) atoms. The third-order valence-corrected chi connectivity index (χ3v) is 3.21. The Morgan fingerprint density at radius 2 is 2.42 bits per heavy atom. The van der Waals surface area contributed by atoms with Crippen LogP contribution in [0.3, 0.4) is 0 Å². The molecule has 1 atom stereocenters. The molecule has 0 spiro atoms. The summed E-state index contributed by atoms with van der Waals surface area (Å²) < 4.78 is 1.60. The van der Waals surface area contributed by atoms with Crippen LogP contribution in [0, 0.1) is 11.3 Å². The molecule has 2 aromatic rings. The number of nitrogens with zero attached hydrogens (tertiary/aromatic N) is 5. The van der Waals surface area contributed by atoms with Gasteiger partial charge in [-0.3, -0.25) is 9.78 Å². The molecule has 0 aliphatic carbocycles. The minimum absolute atomic E-state index is 0.170. The maximum Gasteiger partial charge on any atom is 0.258 e. The van der Waals surface area contributed by atoms with Gasteiger partial charge in [-0.1, -0.05) is 0 Å². The van der Waals surface area contributed by atoms with E-state index in [0.29, 0.717) is 30.7 Å². The molecule has 96 valence electrons. The van der Waals surface area contributed by atoms with Gasteiger partial charge in [-0.15, -0.1) is 0 Å². The van der Waals surface area contributed by atoms with E-state index in [4.69, 9.17) is 5.26 Å². The lowest BCUT2D eigenvalue weighted by molar-refractivity contribution is 0.0689. The Labute approximate surface area is 109 Å². The Kier molecular flexibility index (Phi) is 2.85. The number of piperazine rings is 1. The third kappa shape index (κ3) is 1.92. The highest BCUT2D eigenvalue weighted by Crippen LogP contribution is 2.14. The molecular formula is C12H12N6O.